The van der Waals surface area contributed by atoms with E-state index < -0.39 is 5.97 Å². The van der Waals surface area contributed by atoms with Crippen molar-refractivity contribution < 1.29 is 14.6 Å². The molecule has 0 saturated carbocycles. The zero-order valence-electron chi connectivity index (χ0n) is 4.76. The van der Waals surface area contributed by atoms with Crippen molar-refractivity contribution in [2.75, 3.05) is 13.2 Å². The molecule has 0 rings (SSSR count). The number of carbonyl (C=O) groups excluding carboxylic acids is 1. The van der Waals surface area contributed by atoms with E-state index in [4.69, 9.17) is 5.11 Å². The molecule has 0 aliphatic rings. The molecule has 0 unspecified atom stereocenters. The zero-order valence-corrected chi connectivity index (χ0v) is 4.76. The smallest absolute Gasteiger partial charge is 0.312 e. The highest BCUT2D eigenvalue weighted by Gasteiger charge is 1.97. The van der Waals surface area contributed by atoms with Crippen LogP contribution < -0.4 is 0 Å². The highest BCUT2D eigenvalue weighted by Crippen LogP contribution is 1.80. The van der Waals surface area contributed by atoms with E-state index in [1.54, 1.807) is 6.92 Å². The minimum Gasteiger partial charge on any atom is -0.466 e. The summed E-state index contributed by atoms with van der Waals surface area (Å²) in [5.41, 5.74) is 0. The molecule has 0 atom stereocenters. The Balaban J connectivity index is 3.06. The second-order valence-electron chi connectivity index (χ2n) is 1.14. The van der Waals surface area contributed by atoms with Gasteiger partial charge in [-0.2, -0.15) is 0 Å². The first-order valence-electron chi connectivity index (χ1n) is 2.42. The number of hydrogen-bond acceptors (Lipinski definition) is 3. The van der Waals surface area contributed by atoms with Gasteiger partial charge < -0.3 is 9.84 Å². The van der Waals surface area contributed by atoms with Crippen LogP contribution in [0.25, 0.3) is 0 Å². The van der Waals surface area contributed by atoms with E-state index in [0.29, 0.717) is 6.61 Å². The van der Waals surface area contributed by atoms with Crippen LogP contribution in [0, 0.1) is 6.42 Å². The molecule has 0 spiro atoms. The third-order valence-electron chi connectivity index (χ3n) is 0.545. The Kier molecular flexibility index (Phi) is 4.26. The van der Waals surface area contributed by atoms with E-state index in [0.717, 1.165) is 6.42 Å². The van der Waals surface area contributed by atoms with Gasteiger partial charge in [-0.3, -0.25) is 4.79 Å². The van der Waals surface area contributed by atoms with Crippen molar-refractivity contribution >= 4 is 5.97 Å². The monoisotopic (exact) mass is 117 g/mol. The Bertz CT molecular complexity index is 62.1. The summed E-state index contributed by atoms with van der Waals surface area (Å²) in [5.74, 6) is -0.463. The number of rotatable bonds is 3. The summed E-state index contributed by atoms with van der Waals surface area (Å²) in [7, 11) is 0. The quantitative estimate of drug-likeness (QED) is 0.518. The molecular weight excluding hydrogens is 108 g/mol. The van der Waals surface area contributed by atoms with E-state index in [2.05, 4.69) is 4.74 Å². The SMILES string of the molecule is CCOC(=O)[CH]CO. The first-order chi connectivity index (χ1) is 3.81. The molecule has 1 N–H and O–H groups in total. The standard InChI is InChI=1S/C5H9O3/c1-2-8-5(7)3-4-6/h3,6H,2,4H2,1H3. The van der Waals surface area contributed by atoms with E-state index in [-0.39, 0.29) is 6.61 Å². The van der Waals surface area contributed by atoms with Crippen LogP contribution in [-0.4, -0.2) is 24.3 Å². The van der Waals surface area contributed by atoms with Crippen LogP contribution in [0.2, 0.25) is 0 Å². The normalized spacial score (nSPS) is 8.75. The van der Waals surface area contributed by atoms with Gasteiger partial charge in [0.15, 0.2) is 0 Å². The van der Waals surface area contributed by atoms with Crippen molar-refractivity contribution in [3.05, 3.63) is 6.42 Å². The van der Waals surface area contributed by atoms with Crippen LogP contribution in [-0.2, 0) is 9.53 Å². The van der Waals surface area contributed by atoms with Gasteiger partial charge in [0, 0.05) is 0 Å². The molecule has 0 aliphatic carbocycles. The number of ether oxygens (including phenoxy) is 1. The Hall–Kier alpha value is -0.570. The van der Waals surface area contributed by atoms with Gasteiger partial charge in [-0.05, 0) is 6.92 Å². The molecular formula is C5H9O3. The number of esters is 1. The van der Waals surface area contributed by atoms with E-state index in [1.807, 2.05) is 0 Å². The van der Waals surface area contributed by atoms with Gasteiger partial charge in [0.25, 0.3) is 0 Å². The average molecular weight is 117 g/mol. The lowest BCUT2D eigenvalue weighted by atomic mass is 10.5. The molecule has 0 aliphatic heterocycles. The maximum absolute atomic E-state index is 10.2. The fourth-order valence-corrected chi connectivity index (χ4v) is 0.276. The lowest BCUT2D eigenvalue weighted by molar-refractivity contribution is -0.139. The molecule has 8 heavy (non-hydrogen) atoms. The molecule has 47 valence electrons. The van der Waals surface area contributed by atoms with Crippen molar-refractivity contribution in [1.82, 2.24) is 0 Å². The fourth-order valence-electron chi connectivity index (χ4n) is 0.276. The molecule has 1 radical (unpaired) electrons. The molecule has 3 heteroatoms. The van der Waals surface area contributed by atoms with Gasteiger partial charge in [-0.1, -0.05) is 0 Å². The minimum absolute atomic E-state index is 0.251. The highest BCUT2D eigenvalue weighted by molar-refractivity contribution is 5.78. The lowest BCUT2D eigenvalue weighted by Crippen LogP contribution is -2.06. The lowest BCUT2D eigenvalue weighted by Gasteiger charge is -1.95. The van der Waals surface area contributed by atoms with Gasteiger partial charge in [-0.15, -0.1) is 0 Å². The molecule has 0 heterocycles. The van der Waals surface area contributed by atoms with Gasteiger partial charge in [0.2, 0.25) is 0 Å². The Labute approximate surface area is 48.3 Å². The van der Waals surface area contributed by atoms with Crippen LogP contribution in [0.15, 0.2) is 0 Å². The largest absolute Gasteiger partial charge is 0.466 e. The molecule has 0 saturated heterocycles. The zero-order chi connectivity index (χ0) is 6.41. The molecule has 0 bridgehead atoms. The first-order valence-corrected chi connectivity index (χ1v) is 2.42. The summed E-state index contributed by atoms with van der Waals surface area (Å²) >= 11 is 0. The van der Waals surface area contributed by atoms with Crippen molar-refractivity contribution in [1.29, 1.82) is 0 Å². The second kappa shape index (κ2) is 4.59. The Morgan fingerprint density at radius 1 is 1.88 bits per heavy atom. The number of aliphatic hydroxyl groups excluding tert-OH is 1. The van der Waals surface area contributed by atoms with Crippen LogP contribution in [0.3, 0.4) is 0 Å². The molecule has 0 aromatic heterocycles. The minimum atomic E-state index is -0.463. The van der Waals surface area contributed by atoms with Crippen molar-refractivity contribution in [2.45, 2.75) is 6.92 Å². The molecule has 0 aromatic carbocycles. The molecule has 0 fully saturated rings. The summed E-state index contributed by atoms with van der Waals surface area (Å²) in [4.78, 5) is 10.2. The van der Waals surface area contributed by atoms with Crippen molar-refractivity contribution in [3.8, 4) is 0 Å². The van der Waals surface area contributed by atoms with Crippen LogP contribution in [0.5, 0.6) is 0 Å². The fraction of sp³-hybridized carbons (Fsp3) is 0.600. The maximum Gasteiger partial charge on any atom is 0.312 e. The van der Waals surface area contributed by atoms with E-state index in [9.17, 15) is 4.79 Å². The van der Waals surface area contributed by atoms with Crippen LogP contribution in [0.4, 0.5) is 0 Å². The molecule has 0 amide bonds. The third-order valence-corrected chi connectivity index (χ3v) is 0.545. The first kappa shape index (κ1) is 7.43. The van der Waals surface area contributed by atoms with Crippen LogP contribution >= 0.6 is 0 Å². The Morgan fingerprint density at radius 3 is 2.88 bits per heavy atom. The van der Waals surface area contributed by atoms with E-state index >= 15 is 0 Å². The van der Waals surface area contributed by atoms with Gasteiger partial charge >= 0.3 is 5.97 Å². The number of carbonyl (C=O) groups is 1. The van der Waals surface area contributed by atoms with E-state index in [1.165, 1.54) is 0 Å². The summed E-state index contributed by atoms with van der Waals surface area (Å²) in [5, 5.41) is 8.11. The molecule has 0 aromatic rings. The summed E-state index contributed by atoms with van der Waals surface area (Å²) < 4.78 is 4.43. The van der Waals surface area contributed by atoms with Gasteiger partial charge in [-0.25, -0.2) is 0 Å². The van der Waals surface area contributed by atoms with Gasteiger partial charge in [0.1, 0.15) is 0 Å². The van der Waals surface area contributed by atoms with Crippen molar-refractivity contribution in [3.63, 3.8) is 0 Å². The highest BCUT2D eigenvalue weighted by atomic mass is 16.5. The second-order valence-corrected chi connectivity index (χ2v) is 1.14. The van der Waals surface area contributed by atoms with Gasteiger partial charge in [0.05, 0.1) is 19.6 Å². The third kappa shape index (κ3) is 3.61. The van der Waals surface area contributed by atoms with Crippen molar-refractivity contribution in [2.24, 2.45) is 0 Å². The topological polar surface area (TPSA) is 46.5 Å². The number of aliphatic hydroxyl groups is 1. The predicted molar refractivity (Wildman–Crippen MR) is 28.0 cm³/mol. The predicted octanol–water partition coefficient (Wildman–Crippen LogP) is -0.254. The maximum atomic E-state index is 10.2. The number of hydrogen-bond donors (Lipinski definition) is 1. The Morgan fingerprint density at radius 2 is 2.50 bits per heavy atom. The average Bonchev–Trinajstić information content (AvgIpc) is 1.68. The van der Waals surface area contributed by atoms with Crippen LogP contribution in [0.1, 0.15) is 6.92 Å². The molecule has 3 nitrogen and oxygen atoms in total. The summed E-state index contributed by atoms with van der Waals surface area (Å²) in [6.07, 6.45) is 1.07. The summed E-state index contributed by atoms with van der Waals surface area (Å²) in [6.45, 7) is 1.82. The summed E-state index contributed by atoms with van der Waals surface area (Å²) in [6, 6.07) is 0.